The quantitative estimate of drug-likeness (QED) is 0.712. The van der Waals surface area contributed by atoms with Crippen molar-refractivity contribution in [3.8, 4) is 0 Å². The lowest BCUT2D eigenvalue weighted by Gasteiger charge is -2.26. The van der Waals surface area contributed by atoms with Crippen molar-refractivity contribution in [3.05, 3.63) is 54.2 Å². The number of para-hydroxylation sites is 1. The van der Waals surface area contributed by atoms with Gasteiger partial charge in [0.05, 0.1) is 23.6 Å². The maximum atomic E-state index is 12.8. The van der Waals surface area contributed by atoms with Gasteiger partial charge in [0, 0.05) is 24.2 Å². The van der Waals surface area contributed by atoms with Crippen LogP contribution in [0.3, 0.4) is 0 Å². The van der Waals surface area contributed by atoms with Crippen molar-refractivity contribution in [1.29, 1.82) is 0 Å². The van der Waals surface area contributed by atoms with E-state index in [1.165, 1.54) is 16.4 Å². The number of anilines is 1. The number of H-pyrrole nitrogens is 1. The summed E-state index contributed by atoms with van der Waals surface area (Å²) in [5, 5.41) is 10.3. The van der Waals surface area contributed by atoms with Crippen molar-refractivity contribution >= 4 is 32.5 Å². The lowest BCUT2D eigenvalue weighted by atomic mass is 10.2. The summed E-state index contributed by atoms with van der Waals surface area (Å²) in [7, 11) is -3.63. The van der Waals surface area contributed by atoms with E-state index in [0.29, 0.717) is 37.4 Å². The molecule has 8 nitrogen and oxygen atoms in total. The number of aromatic nitrogens is 2. The van der Waals surface area contributed by atoms with Crippen molar-refractivity contribution in [3.63, 3.8) is 0 Å². The van der Waals surface area contributed by atoms with Gasteiger partial charge in [0.25, 0.3) is 5.91 Å². The summed E-state index contributed by atoms with van der Waals surface area (Å²) in [6, 6.07) is 13.5. The van der Waals surface area contributed by atoms with Crippen molar-refractivity contribution in [2.24, 2.45) is 0 Å². The normalized spacial score (nSPS) is 15.7. The molecule has 2 N–H and O–H groups in total. The number of hydrogen-bond donors (Lipinski definition) is 2. The van der Waals surface area contributed by atoms with Gasteiger partial charge in [-0.2, -0.15) is 9.40 Å². The van der Waals surface area contributed by atoms with Crippen LogP contribution in [0.4, 0.5) is 5.69 Å². The number of carbonyl (C=O) groups excluding carboxylic acids is 1. The Morgan fingerprint density at radius 2 is 1.89 bits per heavy atom. The molecule has 140 valence electrons. The number of amides is 1. The molecule has 0 saturated carbocycles. The molecule has 0 unspecified atom stereocenters. The number of nitrogens with zero attached hydrogens (tertiary/aromatic N) is 2. The largest absolute Gasteiger partial charge is 0.379 e. The maximum Gasteiger partial charge on any atom is 0.276 e. The minimum atomic E-state index is -3.63. The van der Waals surface area contributed by atoms with E-state index in [9.17, 15) is 13.2 Å². The number of ether oxygens (including phenoxy) is 1. The zero-order valence-electron chi connectivity index (χ0n) is 14.4. The number of carbonyl (C=O) groups is 1. The van der Waals surface area contributed by atoms with Crippen molar-refractivity contribution in [2.45, 2.75) is 4.90 Å². The fourth-order valence-corrected chi connectivity index (χ4v) is 4.45. The molecular weight excluding hydrogens is 368 g/mol. The number of sulfonamides is 1. The van der Waals surface area contributed by atoms with Gasteiger partial charge in [-0.1, -0.05) is 24.3 Å². The molecule has 2 heterocycles. The first-order valence-corrected chi connectivity index (χ1v) is 9.92. The molecule has 27 heavy (non-hydrogen) atoms. The second-order valence-corrected chi connectivity index (χ2v) is 8.05. The maximum absolute atomic E-state index is 12.8. The minimum Gasteiger partial charge on any atom is -0.379 e. The molecule has 1 saturated heterocycles. The lowest BCUT2D eigenvalue weighted by molar-refractivity contribution is 0.0730. The third-order valence-corrected chi connectivity index (χ3v) is 6.28. The first kappa shape index (κ1) is 17.7. The van der Waals surface area contributed by atoms with Gasteiger partial charge < -0.3 is 10.1 Å². The van der Waals surface area contributed by atoms with E-state index in [1.807, 2.05) is 18.2 Å². The molecule has 2 aromatic carbocycles. The predicted octanol–water partition coefficient (Wildman–Crippen LogP) is 1.84. The Morgan fingerprint density at radius 3 is 2.70 bits per heavy atom. The number of hydrogen-bond acceptors (Lipinski definition) is 5. The number of nitrogens with one attached hydrogen (secondary N) is 2. The van der Waals surface area contributed by atoms with Crippen LogP contribution >= 0.6 is 0 Å². The minimum absolute atomic E-state index is 0.133. The van der Waals surface area contributed by atoms with Crippen LogP contribution in [0, 0.1) is 0 Å². The molecule has 0 atom stereocenters. The second-order valence-electron chi connectivity index (χ2n) is 6.12. The molecule has 4 rings (SSSR count). The highest BCUT2D eigenvalue weighted by atomic mass is 32.2. The summed E-state index contributed by atoms with van der Waals surface area (Å²) in [6.45, 7) is 1.39. The van der Waals surface area contributed by atoms with E-state index in [-0.39, 0.29) is 10.6 Å². The Balaban J connectivity index is 1.58. The van der Waals surface area contributed by atoms with Gasteiger partial charge in [-0.15, -0.1) is 0 Å². The standard InChI is InChI=1S/C18H18N4O4S/c23-18(17-15-6-1-2-7-16(15)20-21-17)19-13-4-3-5-14(12-13)27(24,25)22-8-10-26-11-9-22/h1-7,12H,8-11H2,(H,19,23)(H,20,21). The van der Waals surface area contributed by atoms with E-state index in [0.717, 1.165) is 5.52 Å². The van der Waals surface area contributed by atoms with Gasteiger partial charge >= 0.3 is 0 Å². The molecule has 1 amide bonds. The molecule has 0 bridgehead atoms. The molecular formula is C18H18N4O4S. The van der Waals surface area contributed by atoms with E-state index in [4.69, 9.17) is 4.74 Å². The zero-order chi connectivity index (χ0) is 18.9. The van der Waals surface area contributed by atoms with Crippen molar-refractivity contribution in [1.82, 2.24) is 14.5 Å². The number of morpholine rings is 1. The summed E-state index contributed by atoms with van der Waals surface area (Å²) in [6.07, 6.45) is 0. The van der Waals surface area contributed by atoms with E-state index >= 15 is 0 Å². The van der Waals surface area contributed by atoms with E-state index < -0.39 is 15.9 Å². The third-order valence-electron chi connectivity index (χ3n) is 4.39. The lowest BCUT2D eigenvalue weighted by Crippen LogP contribution is -2.40. The zero-order valence-corrected chi connectivity index (χ0v) is 15.2. The smallest absolute Gasteiger partial charge is 0.276 e. The van der Waals surface area contributed by atoms with Gasteiger partial charge in [-0.3, -0.25) is 9.89 Å². The Bertz CT molecular complexity index is 1090. The van der Waals surface area contributed by atoms with E-state index in [2.05, 4.69) is 15.5 Å². The van der Waals surface area contributed by atoms with Crippen LogP contribution in [-0.4, -0.2) is 55.1 Å². The Morgan fingerprint density at radius 1 is 1.11 bits per heavy atom. The number of fused-ring (bicyclic) bond motifs is 1. The average molecular weight is 386 g/mol. The summed E-state index contributed by atoms with van der Waals surface area (Å²) < 4.78 is 32.1. The van der Waals surface area contributed by atoms with Crippen LogP contribution in [0.25, 0.3) is 10.9 Å². The molecule has 1 aliphatic rings. The van der Waals surface area contributed by atoms with Crippen LogP contribution < -0.4 is 5.32 Å². The SMILES string of the molecule is O=C(Nc1cccc(S(=O)(=O)N2CCOCC2)c1)c1n[nH]c2ccccc12. The van der Waals surface area contributed by atoms with E-state index in [1.54, 1.807) is 18.2 Å². The highest BCUT2D eigenvalue weighted by Gasteiger charge is 2.26. The fourth-order valence-electron chi connectivity index (χ4n) is 3.00. The van der Waals surface area contributed by atoms with Crippen LogP contribution in [0.5, 0.6) is 0 Å². The fraction of sp³-hybridized carbons (Fsp3) is 0.222. The Hall–Kier alpha value is -2.75. The summed E-state index contributed by atoms with van der Waals surface area (Å²) in [5.41, 5.74) is 1.40. The molecule has 1 aromatic heterocycles. The molecule has 0 aliphatic carbocycles. The van der Waals surface area contributed by atoms with Gasteiger partial charge in [-0.05, 0) is 24.3 Å². The monoisotopic (exact) mass is 386 g/mol. The number of rotatable bonds is 4. The highest BCUT2D eigenvalue weighted by Crippen LogP contribution is 2.22. The van der Waals surface area contributed by atoms with Crippen molar-refractivity contribution in [2.75, 3.05) is 31.6 Å². The van der Waals surface area contributed by atoms with Crippen LogP contribution in [0.2, 0.25) is 0 Å². The molecule has 0 radical (unpaired) electrons. The molecule has 0 spiro atoms. The number of aromatic amines is 1. The number of benzene rings is 2. The van der Waals surface area contributed by atoms with Crippen LogP contribution in [0.1, 0.15) is 10.5 Å². The van der Waals surface area contributed by atoms with Crippen LogP contribution in [0.15, 0.2) is 53.4 Å². The highest BCUT2D eigenvalue weighted by molar-refractivity contribution is 7.89. The predicted molar refractivity (Wildman–Crippen MR) is 100 cm³/mol. The Kier molecular flexibility index (Phi) is 4.65. The first-order chi connectivity index (χ1) is 13.1. The summed E-state index contributed by atoms with van der Waals surface area (Å²) in [4.78, 5) is 12.7. The van der Waals surface area contributed by atoms with Crippen molar-refractivity contribution < 1.29 is 17.9 Å². The average Bonchev–Trinajstić information content (AvgIpc) is 3.13. The van der Waals surface area contributed by atoms with Gasteiger partial charge in [0.1, 0.15) is 0 Å². The topological polar surface area (TPSA) is 104 Å². The Labute approximate surface area is 156 Å². The summed E-state index contributed by atoms with van der Waals surface area (Å²) in [5.74, 6) is -0.409. The molecule has 1 aliphatic heterocycles. The molecule has 3 aromatic rings. The molecule has 9 heteroatoms. The van der Waals surface area contributed by atoms with Gasteiger partial charge in [-0.25, -0.2) is 8.42 Å². The third kappa shape index (κ3) is 3.44. The second kappa shape index (κ2) is 7.10. The molecule has 1 fully saturated rings. The summed E-state index contributed by atoms with van der Waals surface area (Å²) >= 11 is 0. The first-order valence-electron chi connectivity index (χ1n) is 8.48. The van der Waals surface area contributed by atoms with Gasteiger partial charge in [0.15, 0.2) is 5.69 Å². The van der Waals surface area contributed by atoms with Gasteiger partial charge in [0.2, 0.25) is 10.0 Å². The van der Waals surface area contributed by atoms with Crippen LogP contribution in [-0.2, 0) is 14.8 Å².